The summed E-state index contributed by atoms with van der Waals surface area (Å²) in [5, 5.41) is 3.31. The zero-order valence-corrected chi connectivity index (χ0v) is 13.2. The molecule has 106 valence electrons. The number of fused-ring (bicyclic) bond motifs is 2. The molecule has 0 aromatic carbocycles. The average molecular weight is 299 g/mol. The summed E-state index contributed by atoms with van der Waals surface area (Å²) < 4.78 is 0. The number of likely N-dealkylation sites (N-methyl/N-ethyl adjacent to an activating group) is 1. The molecule has 4 heteroatoms. The highest BCUT2D eigenvalue weighted by Gasteiger charge is 2.39. The zero-order valence-electron chi connectivity index (χ0n) is 11.6. The monoisotopic (exact) mass is 298 g/mol. The first-order valence-electron chi connectivity index (χ1n) is 7.42. The van der Waals surface area contributed by atoms with Crippen molar-refractivity contribution in [3.8, 4) is 0 Å². The molecule has 2 nitrogen and oxygen atoms in total. The van der Waals surface area contributed by atoms with E-state index < -0.39 is 0 Å². The Morgan fingerprint density at radius 3 is 2.95 bits per heavy atom. The summed E-state index contributed by atoms with van der Waals surface area (Å²) in [6.07, 6.45) is 7.07. The molecule has 0 radical (unpaired) electrons. The minimum Gasteiger partial charge on any atom is -0.306 e. The number of halogens is 1. The molecule has 2 fully saturated rings. The van der Waals surface area contributed by atoms with Crippen LogP contribution in [0.1, 0.15) is 36.4 Å². The van der Waals surface area contributed by atoms with Gasteiger partial charge in [-0.05, 0) is 44.1 Å². The van der Waals surface area contributed by atoms with Crippen LogP contribution in [0.3, 0.4) is 0 Å². The van der Waals surface area contributed by atoms with E-state index in [9.17, 15) is 0 Å². The van der Waals surface area contributed by atoms with Gasteiger partial charge in [-0.2, -0.15) is 0 Å². The molecule has 2 aliphatic rings. The lowest BCUT2D eigenvalue weighted by atomic mass is 9.88. The molecular weight excluding hydrogens is 276 g/mol. The second-order valence-electron chi connectivity index (χ2n) is 6.31. The Labute approximate surface area is 125 Å². The molecule has 1 aromatic rings. The minimum absolute atomic E-state index is 0.539. The van der Waals surface area contributed by atoms with Crippen molar-refractivity contribution in [1.82, 2.24) is 9.88 Å². The Hall–Kier alpha value is -0.120. The van der Waals surface area contributed by atoms with E-state index in [4.69, 9.17) is 11.6 Å². The van der Waals surface area contributed by atoms with Crippen molar-refractivity contribution in [2.75, 3.05) is 20.1 Å². The van der Waals surface area contributed by atoms with Crippen LogP contribution in [-0.2, 0) is 12.3 Å². The second kappa shape index (κ2) is 6.11. The van der Waals surface area contributed by atoms with Gasteiger partial charge in [-0.1, -0.05) is 6.42 Å². The van der Waals surface area contributed by atoms with Crippen LogP contribution in [0, 0.1) is 17.8 Å². The molecule has 0 aliphatic heterocycles. The normalized spacial score (nSPS) is 29.5. The highest BCUT2D eigenvalue weighted by atomic mass is 35.5. The van der Waals surface area contributed by atoms with E-state index in [1.165, 1.54) is 37.2 Å². The van der Waals surface area contributed by atoms with Crippen molar-refractivity contribution >= 4 is 22.9 Å². The lowest BCUT2D eigenvalue weighted by Gasteiger charge is -2.26. The van der Waals surface area contributed by atoms with Gasteiger partial charge in [-0.15, -0.1) is 22.9 Å². The fourth-order valence-corrected chi connectivity index (χ4v) is 4.92. The summed E-state index contributed by atoms with van der Waals surface area (Å²) in [4.78, 5) is 7.04. The maximum Gasteiger partial charge on any atom is 0.0941 e. The van der Waals surface area contributed by atoms with Crippen LogP contribution in [0.4, 0.5) is 0 Å². The van der Waals surface area contributed by atoms with Crippen LogP contribution in [0.15, 0.2) is 5.38 Å². The molecular formula is C15H23ClN2S. The van der Waals surface area contributed by atoms with Crippen molar-refractivity contribution in [2.24, 2.45) is 17.8 Å². The lowest BCUT2D eigenvalue weighted by molar-refractivity contribution is 0.221. The first kappa shape index (κ1) is 13.8. The maximum atomic E-state index is 5.79. The lowest BCUT2D eigenvalue weighted by Crippen LogP contribution is -2.30. The molecule has 3 atom stereocenters. The van der Waals surface area contributed by atoms with E-state index in [2.05, 4.69) is 22.3 Å². The summed E-state index contributed by atoms with van der Waals surface area (Å²) in [6, 6.07) is 0. The van der Waals surface area contributed by atoms with E-state index in [-0.39, 0.29) is 0 Å². The fraction of sp³-hybridized carbons (Fsp3) is 0.800. The molecule has 0 amide bonds. The quantitative estimate of drug-likeness (QED) is 0.743. The fourth-order valence-electron chi connectivity index (χ4n) is 3.90. The van der Waals surface area contributed by atoms with Gasteiger partial charge in [0.05, 0.1) is 16.6 Å². The molecule has 1 aromatic heterocycles. The smallest absolute Gasteiger partial charge is 0.0941 e. The predicted octanol–water partition coefficient (Wildman–Crippen LogP) is 3.79. The maximum absolute atomic E-state index is 5.79. The first-order valence-corrected chi connectivity index (χ1v) is 8.83. The Kier molecular flexibility index (Phi) is 4.45. The predicted molar refractivity (Wildman–Crippen MR) is 81.8 cm³/mol. The number of alkyl halides is 1. The summed E-state index contributed by atoms with van der Waals surface area (Å²) in [6.45, 7) is 2.41. The van der Waals surface area contributed by atoms with Crippen LogP contribution in [0.25, 0.3) is 0 Å². The highest BCUT2D eigenvalue weighted by Crippen LogP contribution is 2.48. The van der Waals surface area contributed by atoms with Crippen molar-refractivity contribution in [1.29, 1.82) is 0 Å². The van der Waals surface area contributed by atoms with Gasteiger partial charge in [0.15, 0.2) is 0 Å². The van der Waals surface area contributed by atoms with Crippen molar-refractivity contribution < 1.29 is 0 Å². The molecule has 3 unspecified atom stereocenters. The number of aromatic nitrogens is 1. The van der Waals surface area contributed by atoms with Gasteiger partial charge in [0.2, 0.25) is 0 Å². The van der Waals surface area contributed by atoms with Crippen molar-refractivity contribution in [3.63, 3.8) is 0 Å². The number of nitrogens with zero attached hydrogens (tertiary/aromatic N) is 2. The topological polar surface area (TPSA) is 16.1 Å². The van der Waals surface area contributed by atoms with Gasteiger partial charge in [-0.3, -0.25) is 0 Å². The van der Waals surface area contributed by atoms with Gasteiger partial charge in [-0.25, -0.2) is 4.98 Å². The van der Waals surface area contributed by atoms with Crippen LogP contribution < -0.4 is 0 Å². The van der Waals surface area contributed by atoms with Gasteiger partial charge in [0.1, 0.15) is 0 Å². The number of hydrogen-bond acceptors (Lipinski definition) is 3. The number of hydrogen-bond donors (Lipinski definition) is 0. The third kappa shape index (κ3) is 3.32. The van der Waals surface area contributed by atoms with Crippen molar-refractivity contribution in [2.45, 2.75) is 38.0 Å². The molecule has 1 heterocycles. The van der Waals surface area contributed by atoms with E-state index in [1.807, 2.05) is 0 Å². The summed E-state index contributed by atoms with van der Waals surface area (Å²) in [5.74, 6) is 3.61. The van der Waals surface area contributed by atoms with Crippen LogP contribution >= 0.6 is 22.9 Å². The Bertz CT molecular complexity index is 420. The molecule has 0 spiro atoms. The summed E-state index contributed by atoms with van der Waals surface area (Å²) in [7, 11) is 2.27. The Morgan fingerprint density at radius 2 is 2.32 bits per heavy atom. The number of thiazole rings is 1. The van der Waals surface area contributed by atoms with Gasteiger partial charge in [0, 0.05) is 24.9 Å². The standard InChI is InChI=1S/C15H23ClN2S/c1-18(5-4-15-17-14(8-16)10-19-15)9-13-7-11-2-3-12(13)6-11/h10-13H,2-9H2,1H3. The molecule has 0 saturated heterocycles. The third-order valence-electron chi connectivity index (χ3n) is 4.87. The zero-order chi connectivity index (χ0) is 13.2. The number of rotatable bonds is 6. The minimum atomic E-state index is 0.539. The highest BCUT2D eigenvalue weighted by molar-refractivity contribution is 7.09. The Balaban J connectivity index is 1.42. The van der Waals surface area contributed by atoms with E-state index in [1.54, 1.807) is 11.3 Å². The third-order valence-corrected chi connectivity index (χ3v) is 6.11. The molecule has 19 heavy (non-hydrogen) atoms. The molecule has 3 rings (SSSR count). The van der Waals surface area contributed by atoms with E-state index in [0.717, 1.165) is 36.4 Å². The van der Waals surface area contributed by atoms with Crippen LogP contribution in [0.5, 0.6) is 0 Å². The molecule has 2 bridgehead atoms. The van der Waals surface area contributed by atoms with Crippen molar-refractivity contribution in [3.05, 3.63) is 16.1 Å². The summed E-state index contributed by atoms with van der Waals surface area (Å²) in [5.41, 5.74) is 1.03. The molecule has 2 saturated carbocycles. The molecule has 0 N–H and O–H groups in total. The molecule has 2 aliphatic carbocycles. The SMILES string of the molecule is CN(CCc1nc(CCl)cs1)CC1CC2CCC1C2. The largest absolute Gasteiger partial charge is 0.306 e. The first-order chi connectivity index (χ1) is 9.24. The average Bonchev–Trinajstić information content (AvgIpc) is 3.12. The van der Waals surface area contributed by atoms with Gasteiger partial charge < -0.3 is 4.90 Å². The van der Waals surface area contributed by atoms with Gasteiger partial charge >= 0.3 is 0 Å². The summed E-state index contributed by atoms with van der Waals surface area (Å²) >= 11 is 7.53. The van der Waals surface area contributed by atoms with E-state index in [0.29, 0.717) is 5.88 Å². The second-order valence-corrected chi connectivity index (χ2v) is 7.52. The Morgan fingerprint density at radius 1 is 1.42 bits per heavy atom. The van der Waals surface area contributed by atoms with Crippen LogP contribution in [-0.4, -0.2) is 30.0 Å². The van der Waals surface area contributed by atoms with Crippen LogP contribution in [0.2, 0.25) is 0 Å². The van der Waals surface area contributed by atoms with E-state index >= 15 is 0 Å². The van der Waals surface area contributed by atoms with Gasteiger partial charge in [0.25, 0.3) is 0 Å².